The van der Waals surface area contributed by atoms with Crippen LogP contribution in [-0.2, 0) is 33.4 Å². The number of rotatable bonds is 10. The maximum Gasteiger partial charge on any atom is 0.330 e. The lowest BCUT2D eigenvalue weighted by molar-refractivity contribution is -0.151. The minimum absolute atomic E-state index is 0.0658. The monoisotopic (exact) mass is 334 g/mol. The molecular formula is C13H18O10. The Labute approximate surface area is 131 Å². The highest BCUT2D eigenvalue weighted by Gasteiger charge is 2.06. The van der Waals surface area contributed by atoms with Gasteiger partial charge in [-0.15, -0.1) is 0 Å². The van der Waals surface area contributed by atoms with E-state index in [9.17, 15) is 24.0 Å². The molecule has 0 saturated heterocycles. The Morgan fingerprint density at radius 2 is 1.13 bits per heavy atom. The van der Waals surface area contributed by atoms with Crippen LogP contribution in [0.15, 0.2) is 12.7 Å². The van der Waals surface area contributed by atoms with Crippen molar-refractivity contribution in [2.24, 2.45) is 0 Å². The van der Waals surface area contributed by atoms with E-state index >= 15 is 0 Å². The van der Waals surface area contributed by atoms with Crippen LogP contribution in [0.3, 0.4) is 0 Å². The van der Waals surface area contributed by atoms with E-state index in [0.717, 1.165) is 6.08 Å². The van der Waals surface area contributed by atoms with E-state index in [-0.39, 0.29) is 38.9 Å². The molecule has 10 nitrogen and oxygen atoms in total. The fraction of sp³-hybridized carbons (Fsp3) is 0.462. The topological polar surface area (TPSA) is 164 Å². The normalized spacial score (nSPS) is 8.87. The van der Waals surface area contributed by atoms with Crippen LogP contribution < -0.4 is 0 Å². The summed E-state index contributed by atoms with van der Waals surface area (Å²) in [4.78, 5) is 50.7. The number of hydrogen-bond acceptors (Lipinski definition) is 7. The minimum Gasteiger partial charge on any atom is -0.481 e. The molecule has 0 amide bonds. The molecule has 130 valence electrons. The number of aliphatic carboxylic acids is 3. The second kappa shape index (κ2) is 14.0. The zero-order valence-corrected chi connectivity index (χ0v) is 12.2. The van der Waals surface area contributed by atoms with Crippen molar-refractivity contribution in [3.05, 3.63) is 12.7 Å². The molecule has 0 saturated carbocycles. The predicted molar refractivity (Wildman–Crippen MR) is 73.5 cm³/mol. The van der Waals surface area contributed by atoms with Crippen molar-refractivity contribution < 1.29 is 48.8 Å². The van der Waals surface area contributed by atoms with E-state index in [0.29, 0.717) is 0 Å². The Kier molecular flexibility index (Phi) is 13.7. The quantitative estimate of drug-likeness (QED) is 0.282. The number of ether oxygens (including phenoxy) is 2. The molecule has 0 aromatic carbocycles. The van der Waals surface area contributed by atoms with Crippen molar-refractivity contribution in [2.45, 2.75) is 25.7 Å². The van der Waals surface area contributed by atoms with Gasteiger partial charge in [-0.2, -0.15) is 0 Å². The Hall–Kier alpha value is -2.91. The summed E-state index contributed by atoms with van der Waals surface area (Å²) in [7, 11) is 0. The van der Waals surface area contributed by atoms with Gasteiger partial charge in [0.25, 0.3) is 0 Å². The standard InChI is InChI=1S/C9H12O6.C4H6O4/c1-2-8(12)14-5-6-15-9(13)4-3-7(10)11;5-3(6)1-2-4(7)8/h2H,1,3-6H2,(H,10,11);1-2H2,(H,5,6)(H,7,8). The maximum atomic E-state index is 10.8. The van der Waals surface area contributed by atoms with Gasteiger partial charge in [-0.1, -0.05) is 6.58 Å². The lowest BCUT2D eigenvalue weighted by Crippen LogP contribution is -2.13. The van der Waals surface area contributed by atoms with Crippen LogP contribution in [0.1, 0.15) is 25.7 Å². The third kappa shape index (κ3) is 21.5. The molecule has 0 aliphatic carbocycles. The highest BCUT2D eigenvalue weighted by Crippen LogP contribution is 1.93. The van der Waals surface area contributed by atoms with Crippen LogP contribution in [0.5, 0.6) is 0 Å². The van der Waals surface area contributed by atoms with Crippen molar-refractivity contribution >= 4 is 29.8 Å². The lowest BCUT2D eigenvalue weighted by Gasteiger charge is -2.03. The number of carboxylic acids is 3. The summed E-state index contributed by atoms with van der Waals surface area (Å²) in [6.07, 6.45) is -0.0626. The second-order valence-corrected chi connectivity index (χ2v) is 3.77. The van der Waals surface area contributed by atoms with Gasteiger partial charge in [0.15, 0.2) is 0 Å². The minimum atomic E-state index is -1.08. The molecular weight excluding hydrogens is 316 g/mol. The molecule has 0 aliphatic heterocycles. The fourth-order valence-electron chi connectivity index (χ4n) is 0.852. The van der Waals surface area contributed by atoms with Gasteiger partial charge in [-0.05, 0) is 0 Å². The Morgan fingerprint density at radius 1 is 0.739 bits per heavy atom. The van der Waals surface area contributed by atoms with Gasteiger partial charge in [0, 0.05) is 6.08 Å². The van der Waals surface area contributed by atoms with Gasteiger partial charge < -0.3 is 24.8 Å². The summed E-state index contributed by atoms with van der Waals surface area (Å²) in [5.41, 5.74) is 0. The van der Waals surface area contributed by atoms with Crippen LogP contribution in [0.4, 0.5) is 0 Å². The van der Waals surface area contributed by atoms with Gasteiger partial charge in [-0.3, -0.25) is 19.2 Å². The third-order valence-corrected chi connectivity index (χ3v) is 1.85. The van der Waals surface area contributed by atoms with Crippen molar-refractivity contribution in [1.29, 1.82) is 0 Å². The molecule has 0 aromatic heterocycles. The molecule has 0 radical (unpaired) electrons. The molecule has 0 fully saturated rings. The fourth-order valence-corrected chi connectivity index (χ4v) is 0.852. The van der Waals surface area contributed by atoms with Crippen LogP contribution in [0.2, 0.25) is 0 Å². The van der Waals surface area contributed by atoms with Crippen LogP contribution in [0, 0.1) is 0 Å². The first-order valence-electron chi connectivity index (χ1n) is 6.29. The van der Waals surface area contributed by atoms with Crippen molar-refractivity contribution in [3.63, 3.8) is 0 Å². The molecule has 0 aromatic rings. The van der Waals surface area contributed by atoms with Crippen LogP contribution in [-0.4, -0.2) is 58.4 Å². The van der Waals surface area contributed by atoms with E-state index < -0.39 is 29.8 Å². The maximum absolute atomic E-state index is 10.8. The van der Waals surface area contributed by atoms with Crippen LogP contribution in [0.25, 0.3) is 0 Å². The number of esters is 2. The second-order valence-electron chi connectivity index (χ2n) is 3.77. The average Bonchev–Trinajstić information content (AvgIpc) is 2.47. The van der Waals surface area contributed by atoms with Gasteiger partial charge in [0.05, 0.1) is 25.7 Å². The first-order chi connectivity index (χ1) is 10.7. The highest BCUT2D eigenvalue weighted by atomic mass is 16.6. The number of hydrogen-bond donors (Lipinski definition) is 3. The van der Waals surface area contributed by atoms with E-state index in [4.69, 9.17) is 15.3 Å². The van der Waals surface area contributed by atoms with Gasteiger partial charge in [0.1, 0.15) is 13.2 Å². The Bertz CT molecular complexity index is 426. The number of carbonyl (C=O) groups excluding carboxylic acids is 2. The smallest absolute Gasteiger partial charge is 0.330 e. The van der Waals surface area contributed by atoms with E-state index in [1.165, 1.54) is 0 Å². The highest BCUT2D eigenvalue weighted by molar-refractivity contribution is 5.81. The molecule has 10 heteroatoms. The predicted octanol–water partition coefficient (Wildman–Crippen LogP) is 0.0594. The summed E-state index contributed by atoms with van der Waals surface area (Å²) < 4.78 is 9.09. The van der Waals surface area contributed by atoms with Crippen molar-refractivity contribution in [2.75, 3.05) is 13.2 Å². The summed E-state index contributed by atoms with van der Waals surface area (Å²) in [5.74, 6) is -4.45. The molecule has 0 unspecified atom stereocenters. The first kappa shape index (κ1) is 22.4. The zero-order chi connectivity index (χ0) is 18.3. The van der Waals surface area contributed by atoms with Crippen molar-refractivity contribution in [1.82, 2.24) is 0 Å². The van der Waals surface area contributed by atoms with E-state index in [2.05, 4.69) is 16.1 Å². The van der Waals surface area contributed by atoms with E-state index in [1.54, 1.807) is 0 Å². The summed E-state index contributed by atoms with van der Waals surface area (Å²) in [6.45, 7) is 3.02. The van der Waals surface area contributed by atoms with E-state index in [1.807, 2.05) is 0 Å². The lowest BCUT2D eigenvalue weighted by atomic mass is 10.3. The SMILES string of the molecule is C=CC(=O)OCCOC(=O)CCC(=O)O.O=C(O)CCC(=O)O. The molecule has 0 atom stereocenters. The number of carbonyl (C=O) groups is 5. The van der Waals surface area contributed by atoms with Crippen LogP contribution >= 0.6 is 0 Å². The summed E-state index contributed by atoms with van der Waals surface area (Å²) >= 11 is 0. The largest absolute Gasteiger partial charge is 0.481 e. The first-order valence-corrected chi connectivity index (χ1v) is 6.29. The average molecular weight is 334 g/mol. The molecule has 3 N–H and O–H groups in total. The van der Waals surface area contributed by atoms with Crippen molar-refractivity contribution in [3.8, 4) is 0 Å². The molecule has 0 bridgehead atoms. The molecule has 0 heterocycles. The zero-order valence-electron chi connectivity index (χ0n) is 12.2. The van der Waals surface area contributed by atoms with Gasteiger partial charge >= 0.3 is 29.8 Å². The Morgan fingerprint density at radius 3 is 1.52 bits per heavy atom. The Balaban J connectivity index is 0. The number of carboxylic acid groups (broad SMARTS) is 3. The van der Waals surface area contributed by atoms with Gasteiger partial charge in [-0.25, -0.2) is 4.79 Å². The molecule has 0 spiro atoms. The summed E-state index contributed by atoms with van der Waals surface area (Å²) in [6, 6.07) is 0. The van der Waals surface area contributed by atoms with Gasteiger partial charge in [0.2, 0.25) is 0 Å². The summed E-state index contributed by atoms with van der Waals surface area (Å²) in [5, 5.41) is 24.0. The molecule has 23 heavy (non-hydrogen) atoms. The third-order valence-electron chi connectivity index (χ3n) is 1.85. The molecule has 0 rings (SSSR count). The molecule has 0 aliphatic rings.